The number of aryl methyl sites for hydroxylation is 1. The first-order chi connectivity index (χ1) is 9.04. The molecule has 2 unspecified atom stereocenters. The second-order valence-electron chi connectivity index (χ2n) is 5.31. The van der Waals surface area contributed by atoms with Crippen LogP contribution in [-0.2, 0) is 6.54 Å². The van der Waals surface area contributed by atoms with E-state index >= 15 is 0 Å². The number of carbonyl (C=O) groups excluding carboxylic acids is 1. The SMILES string of the molecule is CCCn1cc(Cl)cc1C(=O)N1C(C)CNCC1C. The molecular weight excluding hydrogens is 262 g/mol. The maximum atomic E-state index is 12.7. The number of aromatic nitrogens is 1. The van der Waals surface area contributed by atoms with Crippen molar-refractivity contribution in [2.45, 2.75) is 45.8 Å². The molecule has 19 heavy (non-hydrogen) atoms. The molecule has 1 aliphatic heterocycles. The number of nitrogens with one attached hydrogen (secondary N) is 1. The lowest BCUT2D eigenvalue weighted by molar-refractivity contribution is 0.0533. The fraction of sp³-hybridized carbons (Fsp3) is 0.643. The summed E-state index contributed by atoms with van der Waals surface area (Å²) in [5.41, 5.74) is 0.701. The lowest BCUT2D eigenvalue weighted by atomic mass is 10.1. The van der Waals surface area contributed by atoms with Gasteiger partial charge in [0.2, 0.25) is 0 Å². The molecule has 0 bridgehead atoms. The highest BCUT2D eigenvalue weighted by Crippen LogP contribution is 2.20. The largest absolute Gasteiger partial charge is 0.342 e. The fourth-order valence-electron chi connectivity index (χ4n) is 2.74. The Morgan fingerprint density at radius 1 is 1.42 bits per heavy atom. The zero-order valence-corrected chi connectivity index (χ0v) is 12.6. The van der Waals surface area contributed by atoms with E-state index in [9.17, 15) is 4.79 Å². The number of halogens is 1. The summed E-state index contributed by atoms with van der Waals surface area (Å²) < 4.78 is 1.96. The molecule has 2 heterocycles. The normalized spacial score (nSPS) is 23.7. The van der Waals surface area contributed by atoms with Crippen LogP contribution in [0.1, 0.15) is 37.7 Å². The maximum Gasteiger partial charge on any atom is 0.271 e. The van der Waals surface area contributed by atoms with Crippen LogP contribution in [0.5, 0.6) is 0 Å². The lowest BCUT2D eigenvalue weighted by Crippen LogP contribution is -2.57. The van der Waals surface area contributed by atoms with Gasteiger partial charge in [-0.25, -0.2) is 0 Å². The van der Waals surface area contributed by atoms with Crippen molar-refractivity contribution in [3.8, 4) is 0 Å². The molecule has 106 valence electrons. The van der Waals surface area contributed by atoms with E-state index in [1.54, 1.807) is 6.07 Å². The average molecular weight is 284 g/mol. The van der Waals surface area contributed by atoms with Crippen LogP contribution in [0.25, 0.3) is 0 Å². The lowest BCUT2D eigenvalue weighted by Gasteiger charge is -2.39. The molecule has 1 aromatic heterocycles. The number of amides is 1. The number of piperazine rings is 1. The molecule has 1 aliphatic rings. The Labute approximate surface area is 119 Å². The van der Waals surface area contributed by atoms with E-state index in [1.807, 2.05) is 15.7 Å². The quantitative estimate of drug-likeness (QED) is 0.925. The Bertz CT molecular complexity index is 448. The predicted octanol–water partition coefficient (Wildman–Crippen LogP) is 2.37. The van der Waals surface area contributed by atoms with Gasteiger partial charge in [-0.05, 0) is 26.3 Å². The van der Waals surface area contributed by atoms with Gasteiger partial charge in [-0.3, -0.25) is 4.79 Å². The van der Waals surface area contributed by atoms with Gasteiger partial charge in [-0.2, -0.15) is 0 Å². The van der Waals surface area contributed by atoms with E-state index < -0.39 is 0 Å². The molecule has 0 saturated carbocycles. The maximum absolute atomic E-state index is 12.7. The minimum Gasteiger partial charge on any atom is -0.342 e. The monoisotopic (exact) mass is 283 g/mol. The van der Waals surface area contributed by atoms with Crippen LogP contribution >= 0.6 is 11.6 Å². The highest BCUT2D eigenvalue weighted by molar-refractivity contribution is 6.31. The van der Waals surface area contributed by atoms with Gasteiger partial charge in [0.05, 0.1) is 5.02 Å². The van der Waals surface area contributed by atoms with E-state index in [-0.39, 0.29) is 18.0 Å². The van der Waals surface area contributed by atoms with Crippen molar-refractivity contribution in [2.24, 2.45) is 0 Å². The standard InChI is InChI=1S/C14H22ClN3O/c1-4-5-17-9-12(15)6-13(17)14(19)18-10(2)7-16-8-11(18)3/h6,9-11,16H,4-5,7-8H2,1-3H3. The van der Waals surface area contributed by atoms with Gasteiger partial charge in [-0.1, -0.05) is 18.5 Å². The number of nitrogens with zero attached hydrogens (tertiary/aromatic N) is 2. The molecular formula is C14H22ClN3O. The number of carbonyl (C=O) groups is 1. The van der Waals surface area contributed by atoms with Crippen LogP contribution in [0.15, 0.2) is 12.3 Å². The van der Waals surface area contributed by atoms with Crippen LogP contribution in [0.4, 0.5) is 0 Å². The fourth-order valence-corrected chi connectivity index (χ4v) is 2.97. The van der Waals surface area contributed by atoms with Crippen molar-refractivity contribution < 1.29 is 4.79 Å². The summed E-state index contributed by atoms with van der Waals surface area (Å²) in [5, 5.41) is 3.97. The molecule has 0 aromatic carbocycles. The van der Waals surface area contributed by atoms with Crippen LogP contribution in [0, 0.1) is 0 Å². The minimum absolute atomic E-state index is 0.0850. The van der Waals surface area contributed by atoms with Crippen molar-refractivity contribution in [2.75, 3.05) is 13.1 Å². The highest BCUT2D eigenvalue weighted by Gasteiger charge is 2.31. The van der Waals surface area contributed by atoms with Crippen LogP contribution in [0.2, 0.25) is 5.02 Å². The van der Waals surface area contributed by atoms with Crippen molar-refractivity contribution >= 4 is 17.5 Å². The second kappa shape index (κ2) is 5.97. The Balaban J connectivity index is 2.27. The molecule has 2 rings (SSSR count). The number of rotatable bonds is 3. The van der Waals surface area contributed by atoms with Crippen LogP contribution in [-0.4, -0.2) is 40.5 Å². The first kappa shape index (κ1) is 14.4. The van der Waals surface area contributed by atoms with Gasteiger partial charge in [0.25, 0.3) is 5.91 Å². The first-order valence-corrected chi connectivity index (χ1v) is 7.31. The summed E-state index contributed by atoms with van der Waals surface area (Å²) in [7, 11) is 0. The summed E-state index contributed by atoms with van der Waals surface area (Å²) in [6, 6.07) is 2.20. The first-order valence-electron chi connectivity index (χ1n) is 6.93. The van der Waals surface area contributed by atoms with Crippen molar-refractivity contribution in [3.05, 3.63) is 23.0 Å². The van der Waals surface area contributed by atoms with E-state index in [4.69, 9.17) is 11.6 Å². The molecule has 0 aliphatic carbocycles. The van der Waals surface area contributed by atoms with Gasteiger partial charge in [-0.15, -0.1) is 0 Å². The topological polar surface area (TPSA) is 37.3 Å². The third-order valence-electron chi connectivity index (χ3n) is 3.61. The van der Waals surface area contributed by atoms with Gasteiger partial charge in [0, 0.05) is 37.9 Å². The molecule has 2 atom stereocenters. The smallest absolute Gasteiger partial charge is 0.271 e. The van der Waals surface area contributed by atoms with E-state index in [1.165, 1.54) is 0 Å². The van der Waals surface area contributed by atoms with Crippen molar-refractivity contribution in [1.29, 1.82) is 0 Å². The van der Waals surface area contributed by atoms with Crippen molar-refractivity contribution in [3.63, 3.8) is 0 Å². The van der Waals surface area contributed by atoms with Crippen LogP contribution < -0.4 is 5.32 Å². The zero-order valence-electron chi connectivity index (χ0n) is 11.8. The molecule has 0 spiro atoms. The Hall–Kier alpha value is -1.00. The molecule has 0 radical (unpaired) electrons. The third kappa shape index (κ3) is 2.95. The van der Waals surface area contributed by atoms with E-state index in [0.717, 1.165) is 26.1 Å². The summed E-state index contributed by atoms with van der Waals surface area (Å²) in [4.78, 5) is 14.7. The average Bonchev–Trinajstić information content (AvgIpc) is 2.70. The molecule has 1 aromatic rings. The van der Waals surface area contributed by atoms with Gasteiger partial charge >= 0.3 is 0 Å². The second-order valence-corrected chi connectivity index (χ2v) is 5.74. The molecule has 1 N–H and O–H groups in total. The van der Waals surface area contributed by atoms with E-state index in [0.29, 0.717) is 10.7 Å². The molecule has 4 nitrogen and oxygen atoms in total. The molecule has 1 amide bonds. The third-order valence-corrected chi connectivity index (χ3v) is 3.82. The van der Waals surface area contributed by atoms with E-state index in [2.05, 4.69) is 26.1 Å². The van der Waals surface area contributed by atoms with Crippen molar-refractivity contribution in [1.82, 2.24) is 14.8 Å². The Morgan fingerprint density at radius 3 is 2.63 bits per heavy atom. The molecule has 1 fully saturated rings. The predicted molar refractivity (Wildman–Crippen MR) is 77.7 cm³/mol. The molecule has 5 heteroatoms. The van der Waals surface area contributed by atoms with Gasteiger partial charge in [0.15, 0.2) is 0 Å². The summed E-state index contributed by atoms with van der Waals surface area (Å²) in [5.74, 6) is 0.0850. The van der Waals surface area contributed by atoms with Gasteiger partial charge < -0.3 is 14.8 Å². The zero-order chi connectivity index (χ0) is 14.0. The Morgan fingerprint density at radius 2 is 2.05 bits per heavy atom. The minimum atomic E-state index is 0.0850. The number of hydrogen-bond donors (Lipinski definition) is 1. The molecule has 1 saturated heterocycles. The Kier molecular flexibility index (Phi) is 4.53. The highest BCUT2D eigenvalue weighted by atomic mass is 35.5. The summed E-state index contributed by atoms with van der Waals surface area (Å²) in [6.45, 7) is 8.77. The van der Waals surface area contributed by atoms with Crippen LogP contribution in [0.3, 0.4) is 0 Å². The van der Waals surface area contributed by atoms with Gasteiger partial charge in [0.1, 0.15) is 5.69 Å². The summed E-state index contributed by atoms with van der Waals surface area (Å²) in [6.07, 6.45) is 2.83. The number of hydrogen-bond acceptors (Lipinski definition) is 2. The summed E-state index contributed by atoms with van der Waals surface area (Å²) >= 11 is 6.05.